The first-order chi connectivity index (χ1) is 2.41. The molecule has 0 fully saturated rings. The molecule has 0 heterocycles. The van der Waals surface area contributed by atoms with Crippen LogP contribution in [0.1, 0.15) is 13.8 Å². The maximum Gasteiger partial charge on any atom is -0.00775 e. The third kappa shape index (κ3) is 42.4. The van der Waals surface area contributed by atoms with Crippen molar-refractivity contribution in [3.05, 3.63) is 0 Å². The molecule has 1 nitrogen and oxygen atoms in total. The van der Waals surface area contributed by atoms with E-state index < -0.39 is 0 Å². The first-order valence-corrected chi connectivity index (χ1v) is 2.12. The molecule has 0 radical (unpaired) electrons. The molecule has 0 saturated heterocycles. The lowest BCUT2D eigenvalue weighted by Gasteiger charge is -1.86. The molecule has 0 bridgehead atoms. The van der Waals surface area contributed by atoms with Gasteiger partial charge in [0.05, 0.1) is 0 Å². The second-order valence-corrected chi connectivity index (χ2v) is 0.957. The largest absolute Gasteiger partial charge is 0.317 e. The summed E-state index contributed by atoms with van der Waals surface area (Å²) in [4.78, 5) is 0. The van der Waals surface area contributed by atoms with Crippen LogP contribution >= 0.6 is 0 Å². The van der Waals surface area contributed by atoms with Gasteiger partial charge in [0.2, 0.25) is 0 Å². The number of nitrogens with one attached hydrogen (secondary N) is 1. The summed E-state index contributed by atoms with van der Waals surface area (Å²) < 4.78 is 0. The van der Waals surface area contributed by atoms with E-state index in [1.165, 1.54) is 0 Å². The van der Waals surface area contributed by atoms with E-state index in [-0.39, 0.29) is 14.1 Å². The normalized spacial score (nSPS) is 5.25. The van der Waals surface area contributed by atoms with Crippen molar-refractivity contribution in [2.45, 2.75) is 13.8 Å². The molecule has 0 aliphatic carbocycles. The highest BCUT2D eigenvalue weighted by Gasteiger charge is 1.62. The third-order valence-electron chi connectivity index (χ3n) is 0.500. The van der Waals surface area contributed by atoms with Crippen molar-refractivity contribution in [2.75, 3.05) is 13.1 Å². The predicted molar refractivity (Wildman–Crippen MR) is 31.7 cm³/mol. The van der Waals surface area contributed by atoms with E-state index in [2.05, 4.69) is 19.2 Å². The maximum atomic E-state index is 3.11. The van der Waals surface area contributed by atoms with Crippen LogP contribution in [-0.4, -0.2) is 13.1 Å². The average Bonchev–Trinajstić information content (AvgIpc) is 1.41. The molecule has 8 heavy (non-hydrogen) atoms. The van der Waals surface area contributed by atoms with Crippen LogP contribution in [0.4, 0.5) is 14.1 Å². The summed E-state index contributed by atoms with van der Waals surface area (Å²) in [5.41, 5.74) is 0. The molecule has 0 spiro atoms. The summed E-state index contributed by atoms with van der Waals surface area (Å²) >= 11 is 0. The van der Waals surface area contributed by atoms with E-state index in [0.717, 1.165) is 13.1 Å². The lowest BCUT2D eigenvalue weighted by Crippen LogP contribution is -2.09. The van der Waals surface area contributed by atoms with Gasteiger partial charge in [-0.3, -0.25) is 14.1 Å². The molecule has 0 aromatic heterocycles. The van der Waals surface area contributed by atoms with Gasteiger partial charge in [-0.1, -0.05) is 13.8 Å². The highest BCUT2D eigenvalue weighted by molar-refractivity contribution is 4.27. The molecule has 0 aliphatic rings. The molecular formula is C4H14F3N. The van der Waals surface area contributed by atoms with Crippen molar-refractivity contribution >= 4 is 0 Å². The van der Waals surface area contributed by atoms with Crippen molar-refractivity contribution < 1.29 is 14.1 Å². The fraction of sp³-hybridized carbons (Fsp3) is 1.00. The Labute approximate surface area is 47.6 Å². The zero-order chi connectivity index (χ0) is 4.12. The topological polar surface area (TPSA) is 12.0 Å². The van der Waals surface area contributed by atoms with Crippen LogP contribution in [-0.2, 0) is 0 Å². The minimum atomic E-state index is 0. The van der Waals surface area contributed by atoms with Crippen LogP contribution in [0.2, 0.25) is 0 Å². The summed E-state index contributed by atoms with van der Waals surface area (Å²) in [6.45, 7) is 6.39. The fourth-order valence-corrected chi connectivity index (χ4v) is 0.250. The minimum Gasteiger partial charge on any atom is -0.317 e. The van der Waals surface area contributed by atoms with E-state index in [9.17, 15) is 0 Å². The summed E-state index contributed by atoms with van der Waals surface area (Å²) in [6, 6.07) is 0. The van der Waals surface area contributed by atoms with E-state index in [1.807, 2.05) is 0 Å². The van der Waals surface area contributed by atoms with Gasteiger partial charge in [0, 0.05) is 0 Å². The Hall–Kier alpha value is -0.250. The Bertz CT molecular complexity index is 18.8. The van der Waals surface area contributed by atoms with Crippen molar-refractivity contribution in [3.63, 3.8) is 0 Å². The summed E-state index contributed by atoms with van der Waals surface area (Å²) in [5, 5.41) is 3.11. The molecule has 0 saturated carbocycles. The predicted octanol–water partition coefficient (Wildman–Crippen LogP) is 1.07. The summed E-state index contributed by atoms with van der Waals surface area (Å²) in [6.07, 6.45) is 0. The smallest absolute Gasteiger partial charge is 0.00775 e. The van der Waals surface area contributed by atoms with Gasteiger partial charge in [0.15, 0.2) is 0 Å². The summed E-state index contributed by atoms with van der Waals surface area (Å²) in [5.74, 6) is 0. The highest BCUT2D eigenvalue weighted by Crippen LogP contribution is 1.47. The second-order valence-electron chi connectivity index (χ2n) is 0.957. The first kappa shape index (κ1) is 25.1. The van der Waals surface area contributed by atoms with Gasteiger partial charge < -0.3 is 5.32 Å². The van der Waals surface area contributed by atoms with Gasteiger partial charge in [-0.2, -0.15) is 0 Å². The molecule has 0 aromatic carbocycles. The minimum absolute atomic E-state index is 0. The van der Waals surface area contributed by atoms with Crippen molar-refractivity contribution in [2.24, 2.45) is 0 Å². The Balaban J connectivity index is -0.0000000267. The number of hydrogen-bond donors (Lipinski definition) is 1. The standard InChI is InChI=1S/C4H11N.3FH/c1-3-5-4-2;;;/h5H,3-4H2,1-2H3;3*1H. The van der Waals surface area contributed by atoms with Crippen LogP contribution in [0, 0.1) is 0 Å². The van der Waals surface area contributed by atoms with Crippen LogP contribution in [0.5, 0.6) is 0 Å². The lowest BCUT2D eigenvalue weighted by molar-refractivity contribution is 0.762. The second kappa shape index (κ2) is 29.5. The van der Waals surface area contributed by atoms with Crippen molar-refractivity contribution in [1.82, 2.24) is 5.32 Å². The molecule has 0 unspecified atom stereocenters. The molecule has 4 heteroatoms. The van der Waals surface area contributed by atoms with Gasteiger partial charge in [-0.15, -0.1) is 0 Å². The van der Waals surface area contributed by atoms with Crippen LogP contribution in [0.25, 0.3) is 0 Å². The first-order valence-electron chi connectivity index (χ1n) is 2.12. The molecule has 1 N–H and O–H groups in total. The van der Waals surface area contributed by atoms with Gasteiger partial charge in [-0.25, -0.2) is 0 Å². The maximum absolute atomic E-state index is 3.11. The summed E-state index contributed by atoms with van der Waals surface area (Å²) in [7, 11) is 0. The number of halogens is 3. The highest BCUT2D eigenvalue weighted by atomic mass is 19.0. The third-order valence-corrected chi connectivity index (χ3v) is 0.500. The Morgan fingerprint density at radius 3 is 1.12 bits per heavy atom. The number of hydrogen-bond acceptors (Lipinski definition) is 1. The fourth-order valence-electron chi connectivity index (χ4n) is 0.250. The van der Waals surface area contributed by atoms with E-state index in [4.69, 9.17) is 0 Å². The molecule has 0 atom stereocenters. The van der Waals surface area contributed by atoms with Gasteiger partial charge in [0.25, 0.3) is 0 Å². The zero-order valence-electron chi connectivity index (χ0n) is 5.14. The van der Waals surface area contributed by atoms with Gasteiger partial charge >= 0.3 is 0 Å². The van der Waals surface area contributed by atoms with E-state index in [1.54, 1.807) is 0 Å². The SMILES string of the molecule is CCNCC.F.F.F. The van der Waals surface area contributed by atoms with Crippen LogP contribution < -0.4 is 5.32 Å². The van der Waals surface area contributed by atoms with Gasteiger partial charge in [0.1, 0.15) is 0 Å². The molecule has 0 aromatic rings. The molecule has 0 rings (SSSR count). The van der Waals surface area contributed by atoms with Crippen molar-refractivity contribution in [1.29, 1.82) is 0 Å². The molecule has 56 valence electrons. The average molecular weight is 133 g/mol. The lowest BCUT2D eigenvalue weighted by atomic mass is 10.7. The Kier molecular flexibility index (Phi) is 92.6. The van der Waals surface area contributed by atoms with Crippen LogP contribution in [0.15, 0.2) is 0 Å². The van der Waals surface area contributed by atoms with Crippen molar-refractivity contribution in [3.8, 4) is 0 Å². The Morgan fingerprint density at radius 2 is 1.12 bits per heavy atom. The quantitative estimate of drug-likeness (QED) is 0.594. The zero-order valence-corrected chi connectivity index (χ0v) is 5.14. The molecule has 0 amide bonds. The monoisotopic (exact) mass is 133 g/mol. The molecular weight excluding hydrogens is 119 g/mol. The van der Waals surface area contributed by atoms with Crippen LogP contribution in [0.3, 0.4) is 0 Å². The Morgan fingerprint density at radius 1 is 0.875 bits per heavy atom. The van der Waals surface area contributed by atoms with E-state index >= 15 is 0 Å². The number of rotatable bonds is 2. The van der Waals surface area contributed by atoms with Gasteiger partial charge in [-0.05, 0) is 13.1 Å². The molecule has 0 aliphatic heterocycles. The van der Waals surface area contributed by atoms with E-state index in [0.29, 0.717) is 0 Å².